The third-order valence-corrected chi connectivity index (χ3v) is 6.17. The summed E-state index contributed by atoms with van der Waals surface area (Å²) >= 11 is 1.64. The number of anilines is 1. The zero-order chi connectivity index (χ0) is 20.5. The molecule has 3 aromatic heterocycles. The molecule has 8 heteroatoms. The first kappa shape index (κ1) is 18.7. The molecule has 1 amide bonds. The molecule has 0 aliphatic carbocycles. The van der Waals surface area contributed by atoms with Gasteiger partial charge in [-0.1, -0.05) is 23.4 Å². The highest BCUT2D eigenvalue weighted by atomic mass is 32.1. The Kier molecular flexibility index (Phi) is 4.92. The lowest BCUT2D eigenvalue weighted by molar-refractivity contribution is 0.0893. The maximum Gasteiger partial charge on any atom is 0.290 e. The second-order valence-corrected chi connectivity index (χ2v) is 8.38. The summed E-state index contributed by atoms with van der Waals surface area (Å²) < 4.78 is 5.07. The number of para-hydroxylation sites is 1. The van der Waals surface area contributed by atoms with E-state index in [1.807, 2.05) is 35.7 Å². The van der Waals surface area contributed by atoms with Gasteiger partial charge in [-0.3, -0.25) is 4.79 Å². The normalized spacial score (nSPS) is 14.9. The third kappa shape index (κ3) is 3.66. The van der Waals surface area contributed by atoms with Crippen LogP contribution in [-0.4, -0.2) is 40.2 Å². The summed E-state index contributed by atoms with van der Waals surface area (Å²) in [6.45, 7) is 3.42. The van der Waals surface area contributed by atoms with Gasteiger partial charge in [-0.2, -0.15) is 0 Å². The van der Waals surface area contributed by atoms with Crippen molar-refractivity contribution in [2.45, 2.75) is 25.8 Å². The fraction of sp³-hybridized carbons (Fsp3) is 0.273. The first-order valence-corrected chi connectivity index (χ1v) is 10.8. The number of thiophene rings is 1. The first-order chi connectivity index (χ1) is 14.7. The number of hydrogen-bond acceptors (Lipinski definition) is 7. The van der Waals surface area contributed by atoms with Crippen molar-refractivity contribution in [1.29, 1.82) is 0 Å². The van der Waals surface area contributed by atoms with Crippen molar-refractivity contribution >= 4 is 34.0 Å². The number of hydrogen-bond donors (Lipinski definition) is 1. The minimum absolute atomic E-state index is 0.101. The van der Waals surface area contributed by atoms with Crippen LogP contribution in [0.3, 0.4) is 0 Å². The molecule has 0 unspecified atom stereocenters. The molecule has 4 heterocycles. The molecule has 1 aromatic carbocycles. The highest BCUT2D eigenvalue weighted by molar-refractivity contribution is 7.13. The van der Waals surface area contributed by atoms with Crippen LogP contribution in [0.5, 0.6) is 0 Å². The molecule has 1 fully saturated rings. The van der Waals surface area contributed by atoms with E-state index in [1.54, 1.807) is 24.3 Å². The van der Waals surface area contributed by atoms with E-state index in [0.29, 0.717) is 5.69 Å². The van der Waals surface area contributed by atoms with E-state index in [1.165, 1.54) is 0 Å². The summed E-state index contributed by atoms with van der Waals surface area (Å²) in [6, 6.07) is 13.9. The average molecular weight is 420 g/mol. The SMILES string of the molecule is Cc1cc(C(=O)NC2CCN(c3nc(-c4cccs4)nc4ccccc34)CC2)on1. The van der Waals surface area contributed by atoms with Crippen molar-refractivity contribution in [2.75, 3.05) is 18.0 Å². The lowest BCUT2D eigenvalue weighted by Crippen LogP contribution is -2.45. The van der Waals surface area contributed by atoms with Gasteiger partial charge in [-0.05, 0) is 43.3 Å². The van der Waals surface area contributed by atoms with Crippen molar-refractivity contribution in [3.8, 4) is 10.7 Å². The van der Waals surface area contributed by atoms with E-state index in [2.05, 4.69) is 21.4 Å². The van der Waals surface area contributed by atoms with Gasteiger partial charge in [0, 0.05) is 30.6 Å². The summed E-state index contributed by atoms with van der Waals surface area (Å²) in [7, 11) is 0. The fourth-order valence-corrected chi connectivity index (χ4v) is 4.44. The van der Waals surface area contributed by atoms with E-state index >= 15 is 0 Å². The van der Waals surface area contributed by atoms with Crippen molar-refractivity contribution in [1.82, 2.24) is 20.4 Å². The predicted molar refractivity (Wildman–Crippen MR) is 117 cm³/mol. The van der Waals surface area contributed by atoms with Crippen LogP contribution in [0.15, 0.2) is 52.4 Å². The zero-order valence-electron chi connectivity index (χ0n) is 16.5. The number of carbonyl (C=O) groups is 1. The lowest BCUT2D eigenvalue weighted by Gasteiger charge is -2.33. The molecular weight excluding hydrogens is 398 g/mol. The van der Waals surface area contributed by atoms with Gasteiger partial charge in [0.25, 0.3) is 5.91 Å². The maximum absolute atomic E-state index is 12.4. The fourth-order valence-electron chi connectivity index (χ4n) is 3.78. The van der Waals surface area contributed by atoms with Crippen LogP contribution in [0.25, 0.3) is 21.6 Å². The predicted octanol–water partition coefficient (Wildman–Crippen LogP) is 4.05. The summed E-state index contributed by atoms with van der Waals surface area (Å²) in [5.74, 6) is 1.77. The number of aryl methyl sites for hydroxylation is 1. The monoisotopic (exact) mass is 419 g/mol. The van der Waals surface area contributed by atoms with E-state index in [9.17, 15) is 4.79 Å². The van der Waals surface area contributed by atoms with Crippen LogP contribution in [0, 0.1) is 6.92 Å². The summed E-state index contributed by atoms with van der Waals surface area (Å²) in [6.07, 6.45) is 1.68. The molecule has 1 aliphatic heterocycles. The Morgan fingerprint density at radius 3 is 2.73 bits per heavy atom. The number of rotatable bonds is 4. The molecule has 1 N–H and O–H groups in total. The highest BCUT2D eigenvalue weighted by Gasteiger charge is 2.25. The molecule has 0 radical (unpaired) electrons. The Morgan fingerprint density at radius 2 is 2.00 bits per heavy atom. The van der Waals surface area contributed by atoms with E-state index in [4.69, 9.17) is 14.5 Å². The lowest BCUT2D eigenvalue weighted by atomic mass is 10.0. The number of carbonyl (C=O) groups excluding carboxylic acids is 1. The molecule has 4 aromatic rings. The van der Waals surface area contributed by atoms with Crippen LogP contribution in [0.4, 0.5) is 5.82 Å². The van der Waals surface area contributed by atoms with Crippen molar-refractivity contribution < 1.29 is 9.32 Å². The van der Waals surface area contributed by atoms with Gasteiger partial charge in [0.15, 0.2) is 5.82 Å². The van der Waals surface area contributed by atoms with E-state index in [-0.39, 0.29) is 17.7 Å². The molecule has 0 bridgehead atoms. The molecule has 1 saturated heterocycles. The number of fused-ring (bicyclic) bond motifs is 1. The Bertz CT molecular complexity index is 1180. The van der Waals surface area contributed by atoms with Crippen LogP contribution in [0.1, 0.15) is 29.1 Å². The number of benzene rings is 1. The second-order valence-electron chi connectivity index (χ2n) is 7.43. The molecule has 0 saturated carbocycles. The molecule has 152 valence electrons. The highest BCUT2D eigenvalue weighted by Crippen LogP contribution is 2.31. The standard InChI is InChI=1S/C22H21N5O2S/c1-14-13-18(29-26-14)22(28)23-15-8-10-27(11-9-15)21-16-5-2-3-6-17(16)24-20(25-21)19-7-4-12-30-19/h2-7,12-13,15H,8-11H2,1H3,(H,23,28). The van der Waals surface area contributed by atoms with Crippen molar-refractivity contribution in [2.24, 2.45) is 0 Å². The molecular formula is C22H21N5O2S. The van der Waals surface area contributed by atoms with Gasteiger partial charge in [0.1, 0.15) is 5.82 Å². The van der Waals surface area contributed by atoms with Crippen LogP contribution in [-0.2, 0) is 0 Å². The zero-order valence-corrected chi connectivity index (χ0v) is 17.4. The molecule has 0 spiro atoms. The van der Waals surface area contributed by atoms with Gasteiger partial charge in [0.05, 0.1) is 16.1 Å². The van der Waals surface area contributed by atoms with Gasteiger partial charge in [-0.25, -0.2) is 9.97 Å². The van der Waals surface area contributed by atoms with E-state index < -0.39 is 0 Å². The minimum Gasteiger partial charge on any atom is -0.356 e. The summed E-state index contributed by atoms with van der Waals surface area (Å²) in [5.41, 5.74) is 1.65. The smallest absolute Gasteiger partial charge is 0.290 e. The Hall–Kier alpha value is -3.26. The largest absolute Gasteiger partial charge is 0.356 e. The number of piperidine rings is 1. The molecule has 1 aliphatic rings. The van der Waals surface area contributed by atoms with Gasteiger partial charge in [-0.15, -0.1) is 11.3 Å². The van der Waals surface area contributed by atoms with Crippen LogP contribution >= 0.6 is 11.3 Å². The summed E-state index contributed by atoms with van der Waals surface area (Å²) in [4.78, 5) is 25.4. The Labute approximate surface area is 177 Å². The third-order valence-electron chi connectivity index (χ3n) is 5.31. The number of amides is 1. The van der Waals surface area contributed by atoms with E-state index in [0.717, 1.165) is 53.4 Å². The van der Waals surface area contributed by atoms with Crippen LogP contribution < -0.4 is 10.2 Å². The molecule has 0 atom stereocenters. The second kappa shape index (κ2) is 7.87. The van der Waals surface area contributed by atoms with Gasteiger partial charge in [0.2, 0.25) is 5.76 Å². The molecule has 30 heavy (non-hydrogen) atoms. The van der Waals surface area contributed by atoms with Gasteiger partial charge >= 0.3 is 0 Å². The topological polar surface area (TPSA) is 84.2 Å². The van der Waals surface area contributed by atoms with Crippen molar-refractivity contribution in [3.63, 3.8) is 0 Å². The maximum atomic E-state index is 12.4. The molecule has 5 rings (SSSR count). The summed E-state index contributed by atoms with van der Waals surface area (Å²) in [5, 5.41) is 9.94. The Morgan fingerprint density at radius 1 is 1.17 bits per heavy atom. The molecule has 7 nitrogen and oxygen atoms in total. The minimum atomic E-state index is -0.207. The number of nitrogens with zero attached hydrogens (tertiary/aromatic N) is 4. The number of aromatic nitrogens is 3. The Balaban J connectivity index is 1.35. The number of nitrogens with one attached hydrogen (secondary N) is 1. The van der Waals surface area contributed by atoms with Crippen LogP contribution in [0.2, 0.25) is 0 Å². The van der Waals surface area contributed by atoms with Crippen molar-refractivity contribution in [3.05, 3.63) is 59.3 Å². The average Bonchev–Trinajstić information content (AvgIpc) is 3.46. The quantitative estimate of drug-likeness (QED) is 0.537. The van der Waals surface area contributed by atoms with Gasteiger partial charge < -0.3 is 14.7 Å². The first-order valence-electron chi connectivity index (χ1n) is 9.97.